The number of fused-ring (bicyclic) bond motifs is 1. The van der Waals surface area contributed by atoms with Gasteiger partial charge in [0.2, 0.25) is 11.8 Å². The highest BCUT2D eigenvalue weighted by molar-refractivity contribution is 6.27. The number of nitrogens with zero attached hydrogens (tertiary/aromatic N) is 1. The fraction of sp³-hybridized carbons (Fsp3) is 0.619. The summed E-state index contributed by atoms with van der Waals surface area (Å²) in [6.45, 7) is 4.79. The number of aryl methyl sites for hydroxylation is 2. The molecule has 1 aliphatic rings. The van der Waals surface area contributed by atoms with Gasteiger partial charge in [-0.1, -0.05) is 38.1 Å². The number of rotatable bonds is 7. The normalized spacial score (nSPS) is 15.9. The molecule has 1 unspecified atom stereocenters. The molecule has 1 aliphatic carbocycles. The Balaban J connectivity index is 1.88. The van der Waals surface area contributed by atoms with Crippen molar-refractivity contribution in [2.45, 2.75) is 52.0 Å². The Labute approximate surface area is 162 Å². The highest BCUT2D eigenvalue weighted by Gasteiger charge is 2.25. The lowest BCUT2D eigenvalue weighted by Crippen LogP contribution is -2.42. The zero-order chi connectivity index (χ0) is 19.1. The molecule has 0 spiro atoms. The minimum atomic E-state index is -0.152. The highest BCUT2D eigenvalue weighted by atomic mass is 35.5. The topological polar surface area (TPSA) is 49.4 Å². The molecule has 26 heavy (non-hydrogen) atoms. The van der Waals surface area contributed by atoms with Crippen LogP contribution < -0.4 is 5.32 Å². The maximum atomic E-state index is 12.9. The molecule has 0 heterocycles. The second kappa shape index (κ2) is 9.96. The number of alkyl halides is 1. The van der Waals surface area contributed by atoms with Gasteiger partial charge in [0.25, 0.3) is 0 Å². The van der Waals surface area contributed by atoms with Crippen LogP contribution in [0.2, 0.25) is 0 Å². The van der Waals surface area contributed by atoms with E-state index in [0.29, 0.717) is 12.5 Å². The van der Waals surface area contributed by atoms with E-state index in [1.807, 2.05) is 11.9 Å². The second-order valence-corrected chi connectivity index (χ2v) is 7.91. The lowest BCUT2D eigenvalue weighted by Gasteiger charge is -2.27. The number of halogens is 1. The van der Waals surface area contributed by atoms with Crippen molar-refractivity contribution in [2.75, 3.05) is 19.5 Å². The summed E-state index contributed by atoms with van der Waals surface area (Å²) in [6, 6.07) is 8.55. The van der Waals surface area contributed by atoms with Crippen LogP contribution in [0.1, 0.15) is 44.2 Å². The van der Waals surface area contributed by atoms with E-state index in [-0.39, 0.29) is 29.7 Å². The Hall–Kier alpha value is -1.55. The Kier molecular flexibility index (Phi) is 7.95. The number of hydrogen-bond acceptors (Lipinski definition) is 2. The maximum absolute atomic E-state index is 12.9. The molecule has 2 rings (SSSR count). The van der Waals surface area contributed by atoms with Gasteiger partial charge in [-0.2, -0.15) is 0 Å². The second-order valence-electron chi connectivity index (χ2n) is 7.64. The van der Waals surface area contributed by atoms with Gasteiger partial charge in [0.15, 0.2) is 0 Å². The number of carbonyl (C=O) groups is 2. The molecular weight excluding hydrogens is 348 g/mol. The van der Waals surface area contributed by atoms with E-state index < -0.39 is 0 Å². The molecule has 0 aliphatic heterocycles. The van der Waals surface area contributed by atoms with Crippen LogP contribution in [0.3, 0.4) is 0 Å². The predicted molar refractivity (Wildman–Crippen MR) is 106 cm³/mol. The smallest absolute Gasteiger partial charge is 0.235 e. The fourth-order valence-electron chi connectivity index (χ4n) is 3.67. The molecule has 1 N–H and O–H groups in total. The summed E-state index contributed by atoms with van der Waals surface area (Å²) < 4.78 is 0. The first-order valence-electron chi connectivity index (χ1n) is 9.59. The van der Waals surface area contributed by atoms with Gasteiger partial charge in [-0.25, -0.2) is 0 Å². The molecule has 0 fully saturated rings. The Morgan fingerprint density at radius 3 is 2.27 bits per heavy atom. The molecule has 0 radical (unpaired) electrons. The lowest BCUT2D eigenvalue weighted by molar-refractivity contribution is -0.134. The summed E-state index contributed by atoms with van der Waals surface area (Å²) in [5.74, 6) is 0.436. The van der Waals surface area contributed by atoms with E-state index in [0.717, 1.165) is 32.1 Å². The molecule has 0 bridgehead atoms. The van der Waals surface area contributed by atoms with Crippen LogP contribution in [-0.4, -0.2) is 42.2 Å². The van der Waals surface area contributed by atoms with Crippen LogP contribution >= 0.6 is 11.6 Å². The Bertz CT molecular complexity index is 591. The van der Waals surface area contributed by atoms with Gasteiger partial charge in [-0.3, -0.25) is 9.59 Å². The third-order valence-corrected chi connectivity index (χ3v) is 5.66. The third-order valence-electron chi connectivity index (χ3n) is 5.42. The molecule has 144 valence electrons. The van der Waals surface area contributed by atoms with Crippen molar-refractivity contribution in [3.05, 3.63) is 35.4 Å². The van der Waals surface area contributed by atoms with E-state index in [1.165, 1.54) is 11.1 Å². The molecule has 2 amide bonds. The molecule has 0 aromatic heterocycles. The number of hydrogen-bond donors (Lipinski definition) is 1. The van der Waals surface area contributed by atoms with Gasteiger partial charge in [0.05, 0.1) is 0 Å². The van der Waals surface area contributed by atoms with E-state index in [4.69, 9.17) is 11.6 Å². The molecule has 4 nitrogen and oxygen atoms in total. The molecule has 1 aromatic rings. The molecule has 0 saturated heterocycles. The molecule has 1 aromatic carbocycles. The van der Waals surface area contributed by atoms with Gasteiger partial charge in [0.1, 0.15) is 5.88 Å². The van der Waals surface area contributed by atoms with Crippen LogP contribution in [-0.2, 0) is 22.4 Å². The van der Waals surface area contributed by atoms with Gasteiger partial charge >= 0.3 is 0 Å². The van der Waals surface area contributed by atoms with Crippen molar-refractivity contribution in [1.82, 2.24) is 10.2 Å². The van der Waals surface area contributed by atoms with Crippen LogP contribution in [0, 0.1) is 11.8 Å². The Morgan fingerprint density at radius 1 is 1.19 bits per heavy atom. The predicted octanol–water partition coefficient (Wildman–Crippen LogP) is 3.41. The summed E-state index contributed by atoms with van der Waals surface area (Å²) >= 11 is 5.59. The van der Waals surface area contributed by atoms with E-state index in [9.17, 15) is 9.59 Å². The Morgan fingerprint density at radius 2 is 1.77 bits per heavy atom. The largest absolute Gasteiger partial charge is 0.352 e. The molecule has 1 atom stereocenters. The van der Waals surface area contributed by atoms with Crippen LogP contribution in [0.4, 0.5) is 0 Å². The maximum Gasteiger partial charge on any atom is 0.235 e. The first kappa shape index (κ1) is 20.8. The minimum Gasteiger partial charge on any atom is -0.352 e. The number of benzene rings is 1. The first-order chi connectivity index (χ1) is 12.4. The van der Waals surface area contributed by atoms with E-state index in [2.05, 4.69) is 43.4 Å². The van der Waals surface area contributed by atoms with Gasteiger partial charge in [-0.05, 0) is 49.1 Å². The SMILES string of the molecule is CC(C)C(CCN(C)C(=O)C1CCc2ccccc2CC1)NC(=O)CCl. The summed E-state index contributed by atoms with van der Waals surface area (Å²) in [5.41, 5.74) is 2.77. The number of amides is 2. The quantitative estimate of drug-likeness (QED) is 0.583. The van der Waals surface area contributed by atoms with E-state index in [1.54, 1.807) is 0 Å². The summed E-state index contributed by atoms with van der Waals surface area (Å²) in [6.07, 6.45) is 4.52. The first-order valence-corrected chi connectivity index (χ1v) is 10.1. The standard InChI is InChI=1S/C21H31ClN2O2/c1-15(2)19(23-20(25)14-22)12-13-24(3)21(26)18-10-8-16-6-4-5-7-17(16)9-11-18/h4-7,15,18-19H,8-14H2,1-3H3,(H,23,25). The minimum absolute atomic E-state index is 0.0272. The van der Waals surface area contributed by atoms with Crippen molar-refractivity contribution in [1.29, 1.82) is 0 Å². The van der Waals surface area contributed by atoms with Crippen LogP contribution in [0.15, 0.2) is 24.3 Å². The number of nitrogens with one attached hydrogen (secondary N) is 1. The van der Waals surface area contributed by atoms with Crippen molar-refractivity contribution < 1.29 is 9.59 Å². The van der Waals surface area contributed by atoms with Gasteiger partial charge in [-0.15, -0.1) is 11.6 Å². The molecular formula is C21H31ClN2O2. The summed E-state index contributed by atoms with van der Waals surface area (Å²) in [4.78, 5) is 26.3. The van der Waals surface area contributed by atoms with Crippen LogP contribution in [0.25, 0.3) is 0 Å². The average Bonchev–Trinajstić information content (AvgIpc) is 2.86. The average molecular weight is 379 g/mol. The van der Waals surface area contributed by atoms with Crippen molar-refractivity contribution >= 4 is 23.4 Å². The van der Waals surface area contributed by atoms with E-state index >= 15 is 0 Å². The van der Waals surface area contributed by atoms with Gasteiger partial charge in [0, 0.05) is 25.6 Å². The number of carbonyl (C=O) groups excluding carboxylic acids is 2. The zero-order valence-corrected chi connectivity index (χ0v) is 16.9. The monoisotopic (exact) mass is 378 g/mol. The third kappa shape index (κ3) is 5.73. The molecule has 5 heteroatoms. The van der Waals surface area contributed by atoms with Gasteiger partial charge < -0.3 is 10.2 Å². The van der Waals surface area contributed by atoms with Crippen LogP contribution in [0.5, 0.6) is 0 Å². The summed E-state index contributed by atoms with van der Waals surface area (Å²) in [7, 11) is 1.88. The van der Waals surface area contributed by atoms with Crippen molar-refractivity contribution in [3.8, 4) is 0 Å². The summed E-state index contributed by atoms with van der Waals surface area (Å²) in [5, 5.41) is 2.95. The zero-order valence-electron chi connectivity index (χ0n) is 16.1. The van der Waals surface area contributed by atoms with Crippen molar-refractivity contribution in [2.24, 2.45) is 11.8 Å². The fourth-order valence-corrected chi connectivity index (χ4v) is 3.75. The lowest BCUT2D eigenvalue weighted by atomic mass is 9.97. The highest BCUT2D eigenvalue weighted by Crippen LogP contribution is 2.25. The van der Waals surface area contributed by atoms with Crippen molar-refractivity contribution in [3.63, 3.8) is 0 Å². The molecule has 0 saturated carbocycles.